The predicted octanol–water partition coefficient (Wildman–Crippen LogP) is 1.60. The molecule has 2 N–H and O–H groups in total. The third-order valence-electron chi connectivity index (χ3n) is 2.34. The maximum atomic E-state index is 13.4. The maximum absolute atomic E-state index is 13.4. The van der Waals surface area contributed by atoms with Gasteiger partial charge in [-0.1, -0.05) is 6.92 Å². The monoisotopic (exact) mass is 257 g/mol. The second-order valence-corrected chi connectivity index (χ2v) is 3.70. The molecule has 0 aliphatic carbocycles. The van der Waals surface area contributed by atoms with Crippen molar-refractivity contribution in [1.82, 2.24) is 5.32 Å². The first kappa shape index (κ1) is 14.2. The molecule has 18 heavy (non-hydrogen) atoms. The molecular weight excluding hydrogens is 244 g/mol. The molecule has 1 aromatic carbocycles. The summed E-state index contributed by atoms with van der Waals surface area (Å²) >= 11 is 0. The summed E-state index contributed by atoms with van der Waals surface area (Å²) in [5.74, 6) is -3.57. The minimum absolute atomic E-state index is 0.348. The van der Waals surface area contributed by atoms with E-state index in [0.717, 1.165) is 18.2 Å². The number of benzene rings is 1. The van der Waals surface area contributed by atoms with Gasteiger partial charge in [0.1, 0.15) is 11.6 Å². The SMILES string of the molecule is CCNC(CC(=O)O)C(=O)c1cc(F)ccc1F. The average Bonchev–Trinajstić information content (AvgIpc) is 2.30. The van der Waals surface area contributed by atoms with E-state index >= 15 is 0 Å². The van der Waals surface area contributed by atoms with Crippen molar-refractivity contribution in [3.05, 3.63) is 35.4 Å². The standard InChI is InChI=1S/C12H13F2NO3/c1-2-15-10(6-11(16)17)12(18)8-5-7(13)3-4-9(8)14/h3-5,10,15H,2,6H2,1H3,(H,16,17). The molecule has 6 heteroatoms. The number of nitrogens with one attached hydrogen (secondary N) is 1. The van der Waals surface area contributed by atoms with Crippen LogP contribution in [0, 0.1) is 11.6 Å². The molecule has 1 atom stereocenters. The summed E-state index contributed by atoms with van der Waals surface area (Å²) < 4.78 is 26.4. The number of likely N-dealkylation sites (N-methyl/N-ethyl adjacent to an activating group) is 1. The van der Waals surface area contributed by atoms with Gasteiger partial charge in [0.2, 0.25) is 0 Å². The lowest BCUT2D eigenvalue weighted by molar-refractivity contribution is -0.137. The lowest BCUT2D eigenvalue weighted by atomic mass is 10.0. The molecule has 0 fully saturated rings. The van der Waals surface area contributed by atoms with Gasteiger partial charge < -0.3 is 10.4 Å². The van der Waals surface area contributed by atoms with Crippen LogP contribution >= 0.6 is 0 Å². The van der Waals surface area contributed by atoms with Gasteiger partial charge in [-0.25, -0.2) is 8.78 Å². The molecule has 0 saturated carbocycles. The first-order valence-corrected chi connectivity index (χ1v) is 5.40. The quantitative estimate of drug-likeness (QED) is 0.760. The van der Waals surface area contributed by atoms with Crippen LogP contribution in [0.25, 0.3) is 0 Å². The fourth-order valence-corrected chi connectivity index (χ4v) is 1.55. The van der Waals surface area contributed by atoms with Crippen molar-refractivity contribution in [3.8, 4) is 0 Å². The number of aliphatic carboxylic acids is 1. The van der Waals surface area contributed by atoms with Gasteiger partial charge in [-0.3, -0.25) is 9.59 Å². The van der Waals surface area contributed by atoms with Crippen LogP contribution in [0.2, 0.25) is 0 Å². The van der Waals surface area contributed by atoms with Crippen molar-refractivity contribution in [2.45, 2.75) is 19.4 Å². The molecule has 0 amide bonds. The number of Topliss-reactive ketones (excluding diaryl/α,β-unsaturated/α-hetero) is 1. The second-order valence-electron chi connectivity index (χ2n) is 3.70. The largest absolute Gasteiger partial charge is 0.481 e. The van der Waals surface area contributed by atoms with Crippen LogP contribution in [0.15, 0.2) is 18.2 Å². The highest BCUT2D eigenvalue weighted by atomic mass is 19.1. The van der Waals surface area contributed by atoms with E-state index in [1.807, 2.05) is 0 Å². The summed E-state index contributed by atoms with van der Waals surface area (Å²) in [4.78, 5) is 22.5. The van der Waals surface area contributed by atoms with Gasteiger partial charge in [0, 0.05) is 0 Å². The van der Waals surface area contributed by atoms with Gasteiger partial charge in [-0.2, -0.15) is 0 Å². The molecule has 4 nitrogen and oxygen atoms in total. The zero-order chi connectivity index (χ0) is 13.7. The van der Waals surface area contributed by atoms with Crippen molar-refractivity contribution in [3.63, 3.8) is 0 Å². The van der Waals surface area contributed by atoms with E-state index in [1.54, 1.807) is 6.92 Å². The lowest BCUT2D eigenvalue weighted by Gasteiger charge is -2.14. The lowest BCUT2D eigenvalue weighted by Crippen LogP contribution is -2.39. The maximum Gasteiger partial charge on any atom is 0.305 e. The Morgan fingerprint density at radius 2 is 2.06 bits per heavy atom. The van der Waals surface area contributed by atoms with Crippen LogP contribution in [-0.4, -0.2) is 29.4 Å². The van der Waals surface area contributed by atoms with Gasteiger partial charge in [0.05, 0.1) is 18.0 Å². The minimum atomic E-state index is -1.19. The summed E-state index contributed by atoms with van der Waals surface area (Å²) in [6, 6.07) is 1.44. The summed E-state index contributed by atoms with van der Waals surface area (Å²) in [6.45, 7) is 2.03. The Morgan fingerprint density at radius 3 is 2.61 bits per heavy atom. The molecule has 1 aromatic rings. The highest BCUT2D eigenvalue weighted by Gasteiger charge is 2.24. The molecule has 98 valence electrons. The van der Waals surface area contributed by atoms with Crippen molar-refractivity contribution in [2.24, 2.45) is 0 Å². The molecule has 0 bridgehead atoms. The van der Waals surface area contributed by atoms with E-state index in [0.29, 0.717) is 6.54 Å². The molecule has 1 unspecified atom stereocenters. The van der Waals surface area contributed by atoms with E-state index in [2.05, 4.69) is 5.32 Å². The zero-order valence-corrected chi connectivity index (χ0v) is 9.74. The number of carbonyl (C=O) groups is 2. The number of hydrogen-bond acceptors (Lipinski definition) is 3. The highest BCUT2D eigenvalue weighted by molar-refractivity contribution is 6.01. The summed E-state index contributed by atoms with van der Waals surface area (Å²) in [7, 11) is 0. The number of carboxylic acid groups (broad SMARTS) is 1. The Bertz CT molecular complexity index is 463. The first-order chi connectivity index (χ1) is 8.45. The van der Waals surface area contributed by atoms with Gasteiger partial charge >= 0.3 is 5.97 Å². The number of halogens is 2. The van der Waals surface area contributed by atoms with Crippen LogP contribution in [0.4, 0.5) is 8.78 Å². The molecule has 1 rings (SSSR count). The first-order valence-electron chi connectivity index (χ1n) is 5.40. The normalized spacial score (nSPS) is 12.2. The van der Waals surface area contributed by atoms with E-state index < -0.39 is 41.4 Å². The Morgan fingerprint density at radius 1 is 1.39 bits per heavy atom. The van der Waals surface area contributed by atoms with E-state index in [1.165, 1.54) is 0 Å². The third kappa shape index (κ3) is 3.59. The fraction of sp³-hybridized carbons (Fsp3) is 0.333. The van der Waals surface area contributed by atoms with Crippen LogP contribution in [0.1, 0.15) is 23.7 Å². The number of carbonyl (C=O) groups excluding carboxylic acids is 1. The van der Waals surface area contributed by atoms with Crippen LogP contribution in [-0.2, 0) is 4.79 Å². The van der Waals surface area contributed by atoms with Crippen molar-refractivity contribution in [1.29, 1.82) is 0 Å². The summed E-state index contributed by atoms with van der Waals surface area (Å²) in [5.41, 5.74) is -0.442. The summed E-state index contributed by atoms with van der Waals surface area (Å²) in [6.07, 6.45) is -0.484. The molecular formula is C12H13F2NO3. The van der Waals surface area contributed by atoms with Crippen LogP contribution in [0.5, 0.6) is 0 Å². The third-order valence-corrected chi connectivity index (χ3v) is 2.34. The van der Waals surface area contributed by atoms with Gasteiger partial charge in [0.25, 0.3) is 0 Å². The summed E-state index contributed by atoms with van der Waals surface area (Å²) in [5, 5.41) is 11.3. The van der Waals surface area contributed by atoms with E-state index in [4.69, 9.17) is 5.11 Å². The van der Waals surface area contributed by atoms with Crippen molar-refractivity contribution < 1.29 is 23.5 Å². The minimum Gasteiger partial charge on any atom is -0.481 e. The Labute approximate surface area is 103 Å². The number of rotatable bonds is 6. The zero-order valence-electron chi connectivity index (χ0n) is 9.74. The Hall–Kier alpha value is -1.82. The number of carboxylic acids is 1. The molecule has 0 spiro atoms. The van der Waals surface area contributed by atoms with Crippen LogP contribution < -0.4 is 5.32 Å². The molecule has 0 heterocycles. The van der Waals surface area contributed by atoms with Gasteiger partial charge in [0.15, 0.2) is 5.78 Å². The molecule has 0 saturated heterocycles. The van der Waals surface area contributed by atoms with Crippen LogP contribution in [0.3, 0.4) is 0 Å². The Balaban J connectivity index is 3.01. The number of ketones is 1. The van der Waals surface area contributed by atoms with Crippen molar-refractivity contribution >= 4 is 11.8 Å². The smallest absolute Gasteiger partial charge is 0.305 e. The molecule has 0 aliphatic heterocycles. The fourth-order valence-electron chi connectivity index (χ4n) is 1.55. The second kappa shape index (κ2) is 6.20. The molecule has 0 aromatic heterocycles. The predicted molar refractivity (Wildman–Crippen MR) is 60.4 cm³/mol. The highest BCUT2D eigenvalue weighted by Crippen LogP contribution is 2.13. The Kier molecular flexibility index (Phi) is 4.91. The molecule has 0 aliphatic rings. The average molecular weight is 257 g/mol. The molecule has 0 radical (unpaired) electrons. The van der Waals surface area contributed by atoms with E-state index in [-0.39, 0.29) is 0 Å². The van der Waals surface area contributed by atoms with Crippen molar-refractivity contribution in [2.75, 3.05) is 6.54 Å². The number of hydrogen-bond donors (Lipinski definition) is 2. The topological polar surface area (TPSA) is 66.4 Å². The van der Waals surface area contributed by atoms with Gasteiger partial charge in [-0.05, 0) is 24.7 Å². The van der Waals surface area contributed by atoms with E-state index in [9.17, 15) is 18.4 Å². The van der Waals surface area contributed by atoms with Gasteiger partial charge in [-0.15, -0.1) is 0 Å².